The van der Waals surface area contributed by atoms with Gasteiger partial charge in [-0.25, -0.2) is 4.52 Å². The molecule has 2 aliphatic rings. The predicted molar refractivity (Wildman–Crippen MR) is 105 cm³/mol. The van der Waals surface area contributed by atoms with Gasteiger partial charge in [-0.3, -0.25) is 4.79 Å². The van der Waals surface area contributed by atoms with E-state index in [9.17, 15) is 4.79 Å². The largest absolute Gasteiger partial charge is 0.331 e. The number of pyridine rings is 1. The SMILES string of the molecule is Cc1ccc2c(C(=O)N3C[C@@H]4CNC[C@@H]4[C@H]3c3ccccc3C)cnn2c1. The van der Waals surface area contributed by atoms with Crippen molar-refractivity contribution in [1.82, 2.24) is 19.8 Å². The lowest BCUT2D eigenvalue weighted by atomic mass is 9.87. The molecule has 0 unspecified atom stereocenters. The third-order valence-corrected chi connectivity index (χ3v) is 6.23. The van der Waals surface area contributed by atoms with Crippen LogP contribution in [0.15, 0.2) is 48.8 Å². The first-order valence-corrected chi connectivity index (χ1v) is 9.64. The Hall–Kier alpha value is -2.66. The van der Waals surface area contributed by atoms with Crippen molar-refractivity contribution < 1.29 is 4.79 Å². The molecule has 1 amide bonds. The van der Waals surface area contributed by atoms with Crippen LogP contribution in [0.1, 0.15) is 33.1 Å². The summed E-state index contributed by atoms with van der Waals surface area (Å²) in [4.78, 5) is 15.7. The summed E-state index contributed by atoms with van der Waals surface area (Å²) in [5.41, 5.74) is 5.23. The molecule has 0 bridgehead atoms. The molecule has 3 aromatic rings. The molecule has 5 heteroatoms. The molecule has 5 rings (SSSR count). The average molecular weight is 360 g/mol. The third-order valence-electron chi connectivity index (χ3n) is 6.23. The fourth-order valence-electron chi connectivity index (χ4n) is 4.85. The molecule has 1 N–H and O–H groups in total. The first kappa shape index (κ1) is 16.5. The van der Waals surface area contributed by atoms with E-state index in [0.29, 0.717) is 17.4 Å². The zero-order valence-electron chi connectivity index (χ0n) is 15.7. The number of aromatic nitrogens is 2. The molecule has 0 aliphatic carbocycles. The normalized spacial score (nSPS) is 24.5. The Morgan fingerprint density at radius 1 is 1.15 bits per heavy atom. The molecule has 0 saturated carbocycles. The first-order chi connectivity index (χ1) is 13.1. The summed E-state index contributed by atoms with van der Waals surface area (Å²) < 4.78 is 1.81. The second-order valence-corrected chi connectivity index (χ2v) is 7.94. The van der Waals surface area contributed by atoms with E-state index in [1.54, 1.807) is 6.20 Å². The van der Waals surface area contributed by atoms with Crippen LogP contribution in [-0.2, 0) is 0 Å². The molecule has 2 saturated heterocycles. The van der Waals surface area contributed by atoms with Crippen LogP contribution in [0.25, 0.3) is 5.52 Å². The van der Waals surface area contributed by atoms with Crippen LogP contribution in [0.3, 0.4) is 0 Å². The second-order valence-electron chi connectivity index (χ2n) is 7.94. The van der Waals surface area contributed by atoms with Gasteiger partial charge in [0.25, 0.3) is 5.91 Å². The fourth-order valence-corrected chi connectivity index (χ4v) is 4.85. The average Bonchev–Trinajstić information content (AvgIpc) is 3.35. The summed E-state index contributed by atoms with van der Waals surface area (Å²) in [6.07, 6.45) is 3.69. The highest BCUT2D eigenvalue weighted by Crippen LogP contribution is 2.44. The topological polar surface area (TPSA) is 49.6 Å². The zero-order valence-corrected chi connectivity index (χ0v) is 15.7. The molecular weight excluding hydrogens is 336 g/mol. The summed E-state index contributed by atoms with van der Waals surface area (Å²) >= 11 is 0. The van der Waals surface area contributed by atoms with Gasteiger partial charge in [0.05, 0.1) is 23.3 Å². The number of fused-ring (bicyclic) bond motifs is 2. The Kier molecular flexibility index (Phi) is 3.79. The first-order valence-electron chi connectivity index (χ1n) is 9.64. The summed E-state index contributed by atoms with van der Waals surface area (Å²) in [6.45, 7) is 6.95. The van der Waals surface area contributed by atoms with Gasteiger partial charge in [0.15, 0.2) is 0 Å². The summed E-state index contributed by atoms with van der Waals surface area (Å²) in [5.74, 6) is 1.08. The number of aryl methyl sites for hydroxylation is 2. The van der Waals surface area contributed by atoms with E-state index < -0.39 is 0 Å². The monoisotopic (exact) mass is 360 g/mol. The number of carbonyl (C=O) groups is 1. The van der Waals surface area contributed by atoms with E-state index in [-0.39, 0.29) is 11.9 Å². The predicted octanol–water partition coefficient (Wildman–Crippen LogP) is 2.98. The van der Waals surface area contributed by atoms with Crippen LogP contribution in [0.5, 0.6) is 0 Å². The van der Waals surface area contributed by atoms with Crippen molar-refractivity contribution in [3.05, 3.63) is 71.0 Å². The van der Waals surface area contributed by atoms with Gasteiger partial charge in [0.2, 0.25) is 0 Å². The lowest BCUT2D eigenvalue weighted by molar-refractivity contribution is 0.0715. The molecule has 2 fully saturated rings. The molecule has 0 spiro atoms. The van der Waals surface area contributed by atoms with Crippen molar-refractivity contribution in [2.45, 2.75) is 19.9 Å². The molecule has 0 radical (unpaired) electrons. The van der Waals surface area contributed by atoms with E-state index in [2.05, 4.69) is 46.5 Å². The Bertz CT molecular complexity index is 1020. The standard InChI is InChI=1S/C22H24N4O/c1-14-7-8-20-19(11-24-26(20)12-14)22(27)25-13-16-9-23-10-18(16)21(25)17-6-4-3-5-15(17)2/h3-8,11-12,16,18,21,23H,9-10,13H2,1-2H3/t16-,18-,21+/m0/s1. The van der Waals surface area contributed by atoms with Crippen molar-refractivity contribution >= 4 is 11.4 Å². The Morgan fingerprint density at radius 2 is 2.00 bits per heavy atom. The van der Waals surface area contributed by atoms with Crippen molar-refractivity contribution in [1.29, 1.82) is 0 Å². The van der Waals surface area contributed by atoms with Crippen LogP contribution in [0.2, 0.25) is 0 Å². The zero-order chi connectivity index (χ0) is 18.5. The summed E-state index contributed by atoms with van der Waals surface area (Å²) in [7, 11) is 0. The van der Waals surface area contributed by atoms with Gasteiger partial charge in [-0.1, -0.05) is 30.3 Å². The van der Waals surface area contributed by atoms with Gasteiger partial charge in [-0.2, -0.15) is 5.10 Å². The van der Waals surface area contributed by atoms with E-state index in [0.717, 1.165) is 30.7 Å². The van der Waals surface area contributed by atoms with Gasteiger partial charge in [-0.05, 0) is 42.5 Å². The number of likely N-dealkylation sites (tertiary alicyclic amines) is 1. The third kappa shape index (κ3) is 2.57. The van der Waals surface area contributed by atoms with E-state index in [1.807, 2.05) is 29.8 Å². The number of nitrogens with one attached hydrogen (secondary N) is 1. The number of nitrogens with zero attached hydrogens (tertiary/aromatic N) is 3. The van der Waals surface area contributed by atoms with Gasteiger partial charge < -0.3 is 10.2 Å². The van der Waals surface area contributed by atoms with Gasteiger partial charge >= 0.3 is 0 Å². The van der Waals surface area contributed by atoms with Crippen molar-refractivity contribution in [2.75, 3.05) is 19.6 Å². The van der Waals surface area contributed by atoms with E-state index in [4.69, 9.17) is 0 Å². The van der Waals surface area contributed by atoms with Crippen molar-refractivity contribution in [2.24, 2.45) is 11.8 Å². The van der Waals surface area contributed by atoms with E-state index in [1.165, 1.54) is 11.1 Å². The molecule has 1 aromatic carbocycles. The Balaban J connectivity index is 1.57. The fraction of sp³-hybridized carbons (Fsp3) is 0.364. The van der Waals surface area contributed by atoms with Crippen LogP contribution in [-0.4, -0.2) is 40.1 Å². The van der Waals surface area contributed by atoms with Crippen molar-refractivity contribution in [3.63, 3.8) is 0 Å². The number of hydrogen-bond donors (Lipinski definition) is 1. The number of hydrogen-bond acceptors (Lipinski definition) is 3. The summed E-state index contributed by atoms with van der Waals surface area (Å²) in [6, 6.07) is 12.6. The molecular formula is C22H24N4O. The highest BCUT2D eigenvalue weighted by Gasteiger charge is 2.47. The minimum atomic E-state index is 0.0940. The molecule has 4 heterocycles. The highest BCUT2D eigenvalue weighted by molar-refractivity contribution is 6.01. The maximum absolute atomic E-state index is 13.6. The van der Waals surface area contributed by atoms with Crippen LogP contribution >= 0.6 is 0 Å². The summed E-state index contributed by atoms with van der Waals surface area (Å²) in [5, 5.41) is 7.94. The Morgan fingerprint density at radius 3 is 2.85 bits per heavy atom. The smallest absolute Gasteiger partial charge is 0.258 e. The molecule has 27 heavy (non-hydrogen) atoms. The minimum Gasteiger partial charge on any atom is -0.331 e. The lowest BCUT2D eigenvalue weighted by Gasteiger charge is -2.29. The van der Waals surface area contributed by atoms with Crippen LogP contribution in [0.4, 0.5) is 0 Å². The minimum absolute atomic E-state index is 0.0940. The molecule has 5 nitrogen and oxygen atoms in total. The number of amides is 1. The maximum Gasteiger partial charge on any atom is 0.258 e. The highest BCUT2D eigenvalue weighted by atomic mass is 16.2. The van der Waals surface area contributed by atoms with Crippen molar-refractivity contribution in [3.8, 4) is 0 Å². The van der Waals surface area contributed by atoms with Gasteiger partial charge in [0, 0.05) is 31.7 Å². The number of rotatable bonds is 2. The van der Waals surface area contributed by atoms with E-state index >= 15 is 0 Å². The molecule has 2 aliphatic heterocycles. The quantitative estimate of drug-likeness (QED) is 0.764. The number of carbonyl (C=O) groups excluding carboxylic acids is 1. The van der Waals surface area contributed by atoms with Gasteiger partial charge in [-0.15, -0.1) is 0 Å². The second kappa shape index (κ2) is 6.20. The molecule has 138 valence electrons. The molecule has 2 aromatic heterocycles. The number of benzene rings is 1. The van der Waals surface area contributed by atoms with Crippen LogP contribution < -0.4 is 5.32 Å². The van der Waals surface area contributed by atoms with Crippen LogP contribution in [0, 0.1) is 25.7 Å². The lowest BCUT2D eigenvalue weighted by Crippen LogP contribution is -2.35. The van der Waals surface area contributed by atoms with Gasteiger partial charge in [0.1, 0.15) is 0 Å². The Labute approximate surface area is 159 Å². The molecule has 3 atom stereocenters. The maximum atomic E-state index is 13.6.